The molecule has 2 fully saturated rings. The summed E-state index contributed by atoms with van der Waals surface area (Å²) in [4.78, 5) is 32.0. The molecule has 6 heteroatoms. The number of hydrogen-bond acceptors (Lipinski definition) is 4. The smallest absolute Gasteiger partial charge is 0.323 e. The molecule has 2 aliphatic heterocycles. The first-order valence-electron chi connectivity index (χ1n) is 12.8. The summed E-state index contributed by atoms with van der Waals surface area (Å²) in [6, 6.07) is -0.195. The third kappa shape index (κ3) is 8.38. The fraction of sp³-hybridized carbons (Fsp3) is 0.920. The highest BCUT2D eigenvalue weighted by Crippen LogP contribution is 2.29. The first kappa shape index (κ1) is 26.1. The lowest BCUT2D eigenvalue weighted by Gasteiger charge is -2.35. The third-order valence-corrected chi connectivity index (χ3v) is 6.94. The van der Waals surface area contributed by atoms with E-state index in [1.807, 2.05) is 0 Å². The maximum atomic E-state index is 13.2. The van der Waals surface area contributed by atoms with Crippen molar-refractivity contribution in [2.75, 3.05) is 39.9 Å². The number of likely N-dealkylation sites (tertiary alicyclic amines) is 1. The van der Waals surface area contributed by atoms with Crippen LogP contribution in [0.2, 0.25) is 0 Å². The van der Waals surface area contributed by atoms with Crippen LogP contribution in [0.5, 0.6) is 0 Å². The van der Waals surface area contributed by atoms with Gasteiger partial charge in [-0.15, -0.1) is 0 Å². The highest BCUT2D eigenvalue weighted by atomic mass is 16.2. The van der Waals surface area contributed by atoms with Crippen molar-refractivity contribution in [3.63, 3.8) is 0 Å². The second-order valence-corrected chi connectivity index (χ2v) is 10.8. The maximum Gasteiger partial charge on any atom is 0.326 e. The van der Waals surface area contributed by atoms with Gasteiger partial charge in [-0.2, -0.15) is 0 Å². The molecule has 31 heavy (non-hydrogen) atoms. The van der Waals surface area contributed by atoms with Crippen LogP contribution in [0.1, 0.15) is 91.9 Å². The Balaban J connectivity index is 1.88. The molecule has 1 spiro atoms. The highest BCUT2D eigenvalue weighted by molar-refractivity contribution is 6.07. The van der Waals surface area contributed by atoms with Gasteiger partial charge in [-0.3, -0.25) is 9.69 Å². The van der Waals surface area contributed by atoms with Crippen LogP contribution in [0.25, 0.3) is 0 Å². The topological polar surface area (TPSA) is 55.9 Å². The van der Waals surface area contributed by atoms with Gasteiger partial charge in [0.2, 0.25) is 0 Å². The van der Waals surface area contributed by atoms with Gasteiger partial charge >= 0.3 is 6.03 Å². The first-order chi connectivity index (χ1) is 14.7. The van der Waals surface area contributed by atoms with Crippen molar-refractivity contribution >= 4 is 11.9 Å². The molecule has 0 bridgehead atoms. The number of nitrogens with one attached hydrogen (secondary N) is 1. The van der Waals surface area contributed by atoms with Crippen LogP contribution < -0.4 is 5.32 Å². The van der Waals surface area contributed by atoms with Gasteiger partial charge in [0, 0.05) is 13.1 Å². The average molecular weight is 437 g/mol. The molecular weight excluding hydrogens is 388 g/mol. The van der Waals surface area contributed by atoms with Gasteiger partial charge in [0.05, 0.1) is 6.67 Å². The Hall–Kier alpha value is -1.14. The van der Waals surface area contributed by atoms with Gasteiger partial charge in [-0.05, 0) is 57.7 Å². The highest BCUT2D eigenvalue weighted by Gasteiger charge is 2.52. The van der Waals surface area contributed by atoms with E-state index in [-0.39, 0.29) is 11.9 Å². The molecule has 2 aliphatic rings. The summed E-state index contributed by atoms with van der Waals surface area (Å²) in [6.45, 7) is 13.2. The van der Waals surface area contributed by atoms with E-state index in [4.69, 9.17) is 0 Å². The van der Waals surface area contributed by atoms with Crippen LogP contribution in [0, 0.1) is 11.8 Å². The second kappa shape index (κ2) is 12.8. The Labute approximate surface area is 191 Å². The summed E-state index contributed by atoms with van der Waals surface area (Å²) in [5.74, 6) is 1.51. The molecule has 0 aromatic carbocycles. The molecule has 0 atom stereocenters. The summed E-state index contributed by atoms with van der Waals surface area (Å²) in [6.07, 6.45) is 11.2. The van der Waals surface area contributed by atoms with Crippen molar-refractivity contribution in [1.82, 2.24) is 20.0 Å². The van der Waals surface area contributed by atoms with E-state index in [0.717, 1.165) is 63.7 Å². The summed E-state index contributed by atoms with van der Waals surface area (Å²) < 4.78 is 0. The predicted molar refractivity (Wildman–Crippen MR) is 128 cm³/mol. The van der Waals surface area contributed by atoms with Crippen molar-refractivity contribution in [3.8, 4) is 0 Å². The largest absolute Gasteiger partial charge is 0.326 e. The molecule has 0 unspecified atom stereocenters. The number of rotatable bonds is 14. The normalized spacial score (nSPS) is 19.4. The quantitative estimate of drug-likeness (QED) is 0.317. The van der Waals surface area contributed by atoms with Gasteiger partial charge in [-0.25, -0.2) is 9.69 Å². The Morgan fingerprint density at radius 2 is 1.39 bits per heavy atom. The Morgan fingerprint density at radius 1 is 0.871 bits per heavy atom. The first-order valence-corrected chi connectivity index (χ1v) is 12.8. The minimum absolute atomic E-state index is 0.00443. The molecule has 0 aliphatic carbocycles. The standard InChI is InChI=1S/C25H48N4O2/c1-21(2)12-8-6-10-16-28(17-11-7-9-13-22(3)4)20-29-23(30)25(26-24(29)31)14-18-27(5)19-15-25/h21-22H,6-20H2,1-5H3,(H,26,31). The zero-order valence-electron chi connectivity index (χ0n) is 20.9. The molecule has 2 heterocycles. The number of urea groups is 1. The number of amides is 3. The Kier molecular flexibility index (Phi) is 10.8. The van der Waals surface area contributed by atoms with E-state index in [0.29, 0.717) is 6.67 Å². The molecule has 2 rings (SSSR count). The van der Waals surface area contributed by atoms with Crippen LogP contribution in [0.3, 0.4) is 0 Å². The zero-order valence-corrected chi connectivity index (χ0v) is 20.9. The van der Waals surface area contributed by atoms with E-state index in [1.165, 1.54) is 43.4 Å². The number of unbranched alkanes of at least 4 members (excludes halogenated alkanes) is 4. The van der Waals surface area contributed by atoms with E-state index in [9.17, 15) is 9.59 Å². The molecule has 180 valence electrons. The van der Waals surface area contributed by atoms with Crippen molar-refractivity contribution < 1.29 is 9.59 Å². The van der Waals surface area contributed by atoms with Crippen molar-refractivity contribution in [2.45, 2.75) is 97.4 Å². The van der Waals surface area contributed by atoms with E-state index in [2.05, 4.69) is 49.9 Å². The van der Waals surface area contributed by atoms with Gasteiger partial charge in [-0.1, -0.05) is 66.2 Å². The van der Waals surface area contributed by atoms with E-state index >= 15 is 0 Å². The number of carbonyl (C=O) groups is 2. The fourth-order valence-corrected chi connectivity index (χ4v) is 4.73. The lowest BCUT2D eigenvalue weighted by atomic mass is 9.88. The second-order valence-electron chi connectivity index (χ2n) is 10.8. The number of nitrogens with zero attached hydrogens (tertiary/aromatic N) is 3. The summed E-state index contributed by atoms with van der Waals surface area (Å²) in [5.41, 5.74) is -0.663. The average Bonchev–Trinajstić information content (AvgIpc) is 2.93. The Morgan fingerprint density at radius 3 is 1.87 bits per heavy atom. The number of piperidine rings is 1. The lowest BCUT2D eigenvalue weighted by Crippen LogP contribution is -2.54. The molecule has 0 aromatic heterocycles. The maximum absolute atomic E-state index is 13.2. The number of carbonyl (C=O) groups excluding carboxylic acids is 2. The molecule has 6 nitrogen and oxygen atoms in total. The summed E-state index contributed by atoms with van der Waals surface area (Å²) in [5, 5.41) is 3.06. The van der Waals surface area contributed by atoms with Gasteiger partial charge in [0.1, 0.15) is 5.54 Å². The van der Waals surface area contributed by atoms with Crippen molar-refractivity contribution in [3.05, 3.63) is 0 Å². The van der Waals surface area contributed by atoms with Gasteiger partial charge in [0.15, 0.2) is 0 Å². The van der Waals surface area contributed by atoms with Crippen LogP contribution in [0.4, 0.5) is 4.79 Å². The van der Waals surface area contributed by atoms with Crippen LogP contribution in [-0.2, 0) is 4.79 Å². The van der Waals surface area contributed by atoms with Crippen LogP contribution in [-0.4, -0.2) is 72.1 Å². The summed E-state index contributed by atoms with van der Waals surface area (Å²) in [7, 11) is 2.08. The molecule has 0 aromatic rings. The molecule has 0 saturated carbocycles. The fourth-order valence-electron chi connectivity index (χ4n) is 4.73. The summed E-state index contributed by atoms with van der Waals surface area (Å²) >= 11 is 0. The third-order valence-electron chi connectivity index (χ3n) is 6.94. The van der Waals surface area contributed by atoms with E-state index < -0.39 is 5.54 Å². The van der Waals surface area contributed by atoms with Gasteiger partial charge in [0.25, 0.3) is 5.91 Å². The van der Waals surface area contributed by atoms with Crippen molar-refractivity contribution in [2.24, 2.45) is 11.8 Å². The molecule has 2 saturated heterocycles. The number of hydrogen-bond donors (Lipinski definition) is 1. The lowest BCUT2D eigenvalue weighted by molar-refractivity contribution is -0.134. The monoisotopic (exact) mass is 436 g/mol. The predicted octanol–water partition coefficient (Wildman–Crippen LogP) is 4.69. The van der Waals surface area contributed by atoms with Crippen LogP contribution >= 0.6 is 0 Å². The van der Waals surface area contributed by atoms with Gasteiger partial charge < -0.3 is 10.2 Å². The molecule has 1 N–H and O–H groups in total. The zero-order chi connectivity index (χ0) is 22.9. The molecular formula is C25H48N4O2. The van der Waals surface area contributed by atoms with Crippen LogP contribution in [0.15, 0.2) is 0 Å². The van der Waals surface area contributed by atoms with E-state index in [1.54, 1.807) is 0 Å². The SMILES string of the molecule is CC(C)CCCCCN(CCCCCC(C)C)CN1C(=O)NC2(CCN(C)CC2)C1=O. The minimum atomic E-state index is -0.663. The Bertz CT molecular complexity index is 538. The van der Waals surface area contributed by atoms with Crippen molar-refractivity contribution in [1.29, 1.82) is 0 Å². The molecule has 3 amide bonds. The minimum Gasteiger partial charge on any atom is -0.323 e. The number of imide groups is 1. The molecule has 0 radical (unpaired) electrons.